The van der Waals surface area contributed by atoms with Gasteiger partial charge in [-0.3, -0.25) is 0 Å². The topological polar surface area (TPSA) is 13.2 Å². The van der Waals surface area contributed by atoms with Crippen LogP contribution in [0.5, 0.6) is 0 Å². The number of aromatic nitrogens is 3. The molecule has 0 N–H and O–H groups in total. The lowest BCUT2D eigenvalue weighted by atomic mass is 10.3. The molecule has 2 aromatic heterocycles. The Morgan fingerprint density at radius 1 is 1.33 bits per heavy atom. The first-order valence-electron chi connectivity index (χ1n) is 6.39. The molecule has 15 heavy (non-hydrogen) atoms. The molecule has 0 spiro atoms. The molecule has 0 bridgehead atoms. The van der Waals surface area contributed by atoms with E-state index in [1.165, 1.54) is 4.68 Å². The van der Waals surface area contributed by atoms with Crippen LogP contribution in [-0.2, 0) is 14.0 Å². The number of rotatable bonds is 0. The zero-order chi connectivity index (χ0) is 13.1. The highest BCUT2D eigenvalue weighted by atomic mass is 15.4. The zero-order valence-corrected chi connectivity index (χ0v) is 8.73. The molecule has 1 aromatic carbocycles. The second-order valence-corrected chi connectivity index (χ2v) is 3.82. The average Bonchev–Trinajstić information content (AvgIpc) is 2.75. The molecule has 0 aliphatic heterocycles. The fraction of sp³-hybridized carbons (Fsp3) is 0.250. The van der Waals surface area contributed by atoms with Gasteiger partial charge in [0.25, 0.3) is 0 Å². The van der Waals surface area contributed by atoms with Crippen molar-refractivity contribution < 1.29 is 8.68 Å². The third-order valence-corrected chi connectivity index (χ3v) is 2.90. The van der Waals surface area contributed by atoms with Gasteiger partial charge in [0.05, 0.1) is 18.8 Å². The summed E-state index contributed by atoms with van der Waals surface area (Å²) in [5.41, 5.74) is 3.53. The van der Waals surface area contributed by atoms with Crippen molar-refractivity contribution in [3.05, 3.63) is 36.0 Å². The van der Waals surface area contributed by atoms with E-state index < -0.39 is 6.98 Å². The molecule has 0 radical (unpaired) electrons. The second-order valence-electron chi connectivity index (χ2n) is 3.82. The minimum absolute atomic E-state index is 0.728. The van der Waals surface area contributed by atoms with Gasteiger partial charge < -0.3 is 0 Å². The number of nitrogens with zero attached hydrogens (tertiary/aromatic N) is 3. The third-order valence-electron chi connectivity index (χ3n) is 2.90. The molecule has 2 heterocycles. The summed E-state index contributed by atoms with van der Waals surface area (Å²) in [6, 6.07) is 9.69. The highest BCUT2D eigenvalue weighted by Crippen LogP contribution is 2.15. The van der Waals surface area contributed by atoms with Crippen LogP contribution in [0.4, 0.5) is 0 Å². The van der Waals surface area contributed by atoms with Crippen molar-refractivity contribution in [2.24, 2.45) is 14.0 Å². The Labute approximate surface area is 92.4 Å². The van der Waals surface area contributed by atoms with Crippen LogP contribution in [0.3, 0.4) is 0 Å². The number of hydrogen-bond donors (Lipinski definition) is 0. The van der Waals surface area contributed by atoms with E-state index in [4.69, 9.17) is 4.11 Å². The largest absolute Gasteiger partial charge is 0.308 e. The summed E-state index contributed by atoms with van der Waals surface area (Å²) < 4.78 is 28.1. The minimum atomic E-state index is -2.18. The van der Waals surface area contributed by atoms with Gasteiger partial charge in [0, 0.05) is 11.1 Å². The van der Waals surface area contributed by atoms with E-state index in [1.807, 2.05) is 48.9 Å². The number of para-hydroxylation sites is 2. The van der Waals surface area contributed by atoms with Gasteiger partial charge in [0.2, 0.25) is 5.52 Å². The molecule has 0 aliphatic rings. The van der Waals surface area contributed by atoms with Crippen molar-refractivity contribution >= 4 is 16.7 Å². The number of hydrogen-bond acceptors (Lipinski definition) is 0. The monoisotopic (exact) mass is 203 g/mol. The zero-order valence-electron chi connectivity index (χ0n) is 11.7. The molecule has 3 nitrogen and oxygen atoms in total. The SMILES string of the molecule is [2H]C([2H])([2H])n1c(C)cc2n1c1ccccc1[n+]2C. The lowest BCUT2D eigenvalue weighted by Gasteiger charge is -1.92. The maximum atomic E-state index is 7.66. The second kappa shape index (κ2) is 2.63. The maximum Gasteiger partial charge on any atom is 0.308 e. The van der Waals surface area contributed by atoms with Gasteiger partial charge in [-0.15, -0.1) is 4.52 Å². The molecule has 0 atom stereocenters. The van der Waals surface area contributed by atoms with Crippen molar-refractivity contribution in [1.82, 2.24) is 9.20 Å². The van der Waals surface area contributed by atoms with Crippen LogP contribution >= 0.6 is 0 Å². The maximum absolute atomic E-state index is 7.66. The summed E-state index contributed by atoms with van der Waals surface area (Å²) in [6.07, 6.45) is 0. The first-order chi connectivity index (χ1) is 8.41. The molecule has 0 aliphatic carbocycles. The lowest BCUT2D eigenvalue weighted by Crippen LogP contribution is -2.26. The first-order valence-corrected chi connectivity index (χ1v) is 4.89. The Hall–Kier alpha value is -1.77. The first kappa shape index (κ1) is 5.95. The Kier molecular flexibility index (Phi) is 1.04. The Morgan fingerprint density at radius 3 is 2.93 bits per heavy atom. The molecule has 0 fully saturated rings. The molecule has 0 amide bonds. The Bertz CT molecular complexity index is 749. The van der Waals surface area contributed by atoms with E-state index in [0.29, 0.717) is 0 Å². The van der Waals surface area contributed by atoms with E-state index in [0.717, 1.165) is 22.4 Å². The van der Waals surface area contributed by atoms with Crippen LogP contribution in [0.15, 0.2) is 30.3 Å². The van der Waals surface area contributed by atoms with Gasteiger partial charge >= 0.3 is 5.65 Å². The van der Waals surface area contributed by atoms with E-state index in [1.54, 1.807) is 4.52 Å². The number of fused-ring (bicyclic) bond motifs is 3. The summed E-state index contributed by atoms with van der Waals surface area (Å²) in [7, 11) is 1.95. The Balaban J connectivity index is 2.58. The van der Waals surface area contributed by atoms with Crippen LogP contribution < -0.4 is 4.57 Å². The van der Waals surface area contributed by atoms with Crippen molar-refractivity contribution in [2.75, 3.05) is 0 Å². The van der Waals surface area contributed by atoms with Crippen molar-refractivity contribution in [2.45, 2.75) is 6.92 Å². The van der Waals surface area contributed by atoms with Gasteiger partial charge in [-0.1, -0.05) is 12.1 Å². The minimum Gasteiger partial charge on any atom is -0.224 e. The smallest absolute Gasteiger partial charge is 0.224 e. The van der Waals surface area contributed by atoms with Crippen LogP contribution in [0.25, 0.3) is 16.7 Å². The van der Waals surface area contributed by atoms with E-state index >= 15 is 0 Å². The summed E-state index contributed by atoms with van der Waals surface area (Å²) in [5, 5.41) is 0. The normalized spacial score (nSPS) is 15.5. The molecule has 0 unspecified atom stereocenters. The molecular formula is C12H14N3+. The van der Waals surface area contributed by atoms with Crippen molar-refractivity contribution in [3.63, 3.8) is 0 Å². The standard InChI is InChI=1S/C12H14N3/c1-9-8-12-13(2)10-6-4-5-7-11(10)15(12)14(9)3/h4-8H,1-3H3/q+1/i3D3. The number of benzene rings is 1. The fourth-order valence-corrected chi connectivity index (χ4v) is 2.09. The van der Waals surface area contributed by atoms with Gasteiger partial charge in [0.1, 0.15) is 0 Å². The van der Waals surface area contributed by atoms with Gasteiger partial charge in [-0.05, 0) is 19.1 Å². The van der Waals surface area contributed by atoms with Crippen LogP contribution in [0, 0.1) is 6.92 Å². The lowest BCUT2D eigenvalue weighted by molar-refractivity contribution is -0.618. The fourth-order valence-electron chi connectivity index (χ4n) is 2.09. The molecule has 0 saturated carbocycles. The van der Waals surface area contributed by atoms with Crippen molar-refractivity contribution in [1.29, 1.82) is 0 Å². The number of aryl methyl sites for hydroxylation is 3. The van der Waals surface area contributed by atoms with Crippen molar-refractivity contribution in [3.8, 4) is 0 Å². The van der Waals surface area contributed by atoms with Crippen LogP contribution in [0.1, 0.15) is 9.81 Å². The highest BCUT2D eigenvalue weighted by Gasteiger charge is 2.19. The number of imidazole rings is 1. The van der Waals surface area contributed by atoms with Crippen LogP contribution in [0.2, 0.25) is 0 Å². The van der Waals surface area contributed by atoms with E-state index in [9.17, 15) is 0 Å². The summed E-state index contributed by atoms with van der Waals surface area (Å²) in [4.78, 5) is 0. The molecular weight excluding hydrogens is 186 g/mol. The van der Waals surface area contributed by atoms with Gasteiger partial charge in [-0.2, -0.15) is 0 Å². The van der Waals surface area contributed by atoms with Gasteiger partial charge in [-0.25, -0.2) is 9.25 Å². The average molecular weight is 203 g/mol. The molecule has 76 valence electrons. The highest BCUT2D eigenvalue weighted by molar-refractivity contribution is 5.75. The summed E-state index contributed by atoms with van der Waals surface area (Å²) in [6.45, 7) is -0.366. The molecule has 0 saturated heterocycles. The third kappa shape index (κ3) is 0.923. The summed E-state index contributed by atoms with van der Waals surface area (Å²) in [5.74, 6) is 0. The predicted octanol–water partition coefficient (Wildman–Crippen LogP) is 1.56. The van der Waals surface area contributed by atoms with E-state index in [2.05, 4.69) is 0 Å². The molecule has 3 heteroatoms. The van der Waals surface area contributed by atoms with Gasteiger partial charge in [0.15, 0.2) is 5.52 Å². The predicted molar refractivity (Wildman–Crippen MR) is 59.8 cm³/mol. The Morgan fingerprint density at radius 2 is 2.13 bits per heavy atom. The van der Waals surface area contributed by atoms with Crippen LogP contribution in [-0.4, -0.2) is 9.20 Å². The molecule has 3 rings (SSSR count). The summed E-state index contributed by atoms with van der Waals surface area (Å²) >= 11 is 0. The quantitative estimate of drug-likeness (QED) is 0.492. The molecule has 3 aromatic rings. The van der Waals surface area contributed by atoms with E-state index in [-0.39, 0.29) is 0 Å².